The lowest BCUT2D eigenvalue weighted by molar-refractivity contribution is 0.534. The number of imidazole rings is 1. The van der Waals surface area contributed by atoms with Crippen molar-refractivity contribution in [2.75, 3.05) is 5.32 Å². The van der Waals surface area contributed by atoms with Gasteiger partial charge in [-0.2, -0.15) is 0 Å². The number of hydrogen-bond donors (Lipinski definition) is 1. The largest absolute Gasteiger partial charge is 0.365 e. The van der Waals surface area contributed by atoms with Crippen LogP contribution in [0.1, 0.15) is 77.0 Å². The molecular weight excluding hydrogens is 350 g/mol. The summed E-state index contributed by atoms with van der Waals surface area (Å²) in [5.41, 5.74) is 0.961. The molecule has 0 saturated heterocycles. The maximum absolute atomic E-state index is 13.0. The van der Waals surface area contributed by atoms with Gasteiger partial charge in [-0.15, -0.1) is 12.4 Å². The Kier molecular flexibility index (Phi) is 5.90. The summed E-state index contributed by atoms with van der Waals surface area (Å²) in [5, 5.41) is 3.57. The maximum Gasteiger partial charge on any atom is 0.331 e. The number of anilines is 1. The Bertz CT molecular complexity index is 777. The zero-order valence-corrected chi connectivity index (χ0v) is 16.6. The van der Waals surface area contributed by atoms with Gasteiger partial charge >= 0.3 is 5.69 Å². The van der Waals surface area contributed by atoms with Crippen LogP contribution in [0.15, 0.2) is 4.79 Å². The minimum Gasteiger partial charge on any atom is -0.365 e. The third kappa shape index (κ3) is 3.24. The average molecular weight is 380 g/mol. The van der Waals surface area contributed by atoms with Crippen LogP contribution in [0.2, 0.25) is 0 Å². The Labute approximate surface area is 161 Å². The van der Waals surface area contributed by atoms with Gasteiger partial charge in [0.05, 0.1) is 0 Å². The van der Waals surface area contributed by atoms with Crippen LogP contribution in [0, 0.1) is 0 Å². The Balaban J connectivity index is 0.00000196. The number of hydrogen-bond acceptors (Lipinski definition) is 4. The van der Waals surface area contributed by atoms with Crippen molar-refractivity contribution in [1.82, 2.24) is 19.1 Å². The van der Waals surface area contributed by atoms with E-state index in [1.807, 2.05) is 9.13 Å². The third-order valence-corrected chi connectivity index (χ3v) is 5.69. The molecule has 0 bridgehead atoms. The molecule has 0 aromatic heterocycles. The van der Waals surface area contributed by atoms with Crippen molar-refractivity contribution in [3.05, 3.63) is 16.3 Å². The third-order valence-electron chi connectivity index (χ3n) is 5.69. The molecule has 1 aliphatic carbocycles. The normalized spacial score (nSPS) is 19.5. The van der Waals surface area contributed by atoms with Gasteiger partial charge in [-0.05, 0) is 25.7 Å². The molecule has 3 heterocycles. The average Bonchev–Trinajstić information content (AvgIpc) is 3.34. The number of unbranched alkanes of at least 4 members (excludes halogenated alkanes) is 1. The van der Waals surface area contributed by atoms with Crippen molar-refractivity contribution >= 4 is 18.2 Å². The molecule has 6 nitrogen and oxygen atoms in total. The van der Waals surface area contributed by atoms with Gasteiger partial charge in [-0.1, -0.05) is 39.5 Å². The highest BCUT2D eigenvalue weighted by molar-refractivity contribution is 5.85. The molecular formula is C19H30ClN5O. The van der Waals surface area contributed by atoms with E-state index in [2.05, 4.69) is 19.2 Å². The van der Waals surface area contributed by atoms with Crippen molar-refractivity contribution in [2.45, 2.75) is 90.3 Å². The van der Waals surface area contributed by atoms with Gasteiger partial charge in [0.25, 0.3) is 0 Å². The molecule has 1 N–H and O–H groups in total. The van der Waals surface area contributed by atoms with Crippen molar-refractivity contribution in [2.24, 2.45) is 0 Å². The molecule has 0 spiro atoms. The van der Waals surface area contributed by atoms with E-state index in [4.69, 9.17) is 9.97 Å². The molecule has 1 saturated carbocycles. The van der Waals surface area contributed by atoms with E-state index >= 15 is 0 Å². The number of nitrogens with zero attached hydrogens (tertiary/aromatic N) is 4. The molecule has 4 rings (SSSR count). The Hall–Kier alpha value is -1.56. The fourth-order valence-corrected chi connectivity index (χ4v) is 4.34. The monoisotopic (exact) mass is 379 g/mol. The second kappa shape index (κ2) is 7.99. The molecule has 26 heavy (non-hydrogen) atoms. The molecule has 0 aromatic carbocycles. The fraction of sp³-hybridized carbons (Fsp3) is 0.737. The number of fused-ring (bicyclic) bond motifs is 3. The quantitative estimate of drug-likeness (QED) is 0.823. The van der Waals surface area contributed by atoms with Gasteiger partial charge in [0.1, 0.15) is 17.3 Å². The summed E-state index contributed by atoms with van der Waals surface area (Å²) in [7, 11) is 0. The van der Waals surface area contributed by atoms with Crippen LogP contribution in [-0.4, -0.2) is 25.1 Å². The second-order valence-electron chi connectivity index (χ2n) is 7.61. The Morgan fingerprint density at radius 2 is 1.92 bits per heavy atom. The van der Waals surface area contributed by atoms with E-state index in [1.54, 1.807) is 0 Å². The predicted molar refractivity (Wildman–Crippen MR) is 107 cm³/mol. The summed E-state index contributed by atoms with van der Waals surface area (Å²) in [5.74, 6) is 3.09. The molecule has 0 radical (unpaired) electrons. The lowest BCUT2D eigenvalue weighted by Crippen LogP contribution is -2.32. The lowest BCUT2D eigenvalue weighted by Gasteiger charge is -2.13. The maximum atomic E-state index is 13.0. The smallest absolute Gasteiger partial charge is 0.331 e. The molecule has 3 aliphatic heterocycles. The predicted octanol–water partition coefficient (Wildman–Crippen LogP) is 4.02. The van der Waals surface area contributed by atoms with Gasteiger partial charge in [-0.25, -0.2) is 14.8 Å². The minimum absolute atomic E-state index is 0. The highest BCUT2D eigenvalue weighted by atomic mass is 35.5. The SMILES string of the molecule is CCCCC1Cn2c(c3nc(C4CCCC4)nc-3n(CCC)c2=O)N1.Cl. The molecule has 1 atom stereocenters. The second-order valence-corrected chi connectivity index (χ2v) is 7.61. The van der Waals surface area contributed by atoms with Crippen LogP contribution in [-0.2, 0) is 13.1 Å². The van der Waals surface area contributed by atoms with Crippen LogP contribution in [0.5, 0.6) is 0 Å². The van der Waals surface area contributed by atoms with Gasteiger partial charge in [0.2, 0.25) is 0 Å². The summed E-state index contributed by atoms with van der Waals surface area (Å²) in [4.78, 5) is 22.8. The van der Waals surface area contributed by atoms with Gasteiger partial charge < -0.3 is 5.32 Å². The number of nitrogens with one attached hydrogen (secondary N) is 1. The number of rotatable bonds is 6. The first-order chi connectivity index (χ1) is 12.2. The highest BCUT2D eigenvalue weighted by Gasteiger charge is 2.33. The standard InChI is InChI=1S/C19H29N5O.ClH/c1-3-5-10-14-12-24-17(20-14)15-18(23(11-4-2)19(24)25)22-16(21-15)13-8-6-7-9-13;/h13-14,20H,3-12H2,1-2H3;1H. The van der Waals surface area contributed by atoms with Crippen molar-refractivity contribution in [1.29, 1.82) is 0 Å². The zero-order valence-electron chi connectivity index (χ0n) is 15.8. The topological polar surface area (TPSA) is 64.7 Å². The van der Waals surface area contributed by atoms with Crippen molar-refractivity contribution < 1.29 is 0 Å². The van der Waals surface area contributed by atoms with Crippen LogP contribution in [0.4, 0.5) is 5.82 Å². The fourth-order valence-electron chi connectivity index (χ4n) is 4.34. The van der Waals surface area contributed by atoms with E-state index in [9.17, 15) is 4.79 Å². The van der Waals surface area contributed by atoms with E-state index in [1.165, 1.54) is 38.5 Å². The first-order valence-electron chi connectivity index (χ1n) is 10.00. The van der Waals surface area contributed by atoms with Crippen LogP contribution in [0.3, 0.4) is 0 Å². The first-order valence-corrected chi connectivity index (χ1v) is 10.00. The van der Waals surface area contributed by atoms with Crippen molar-refractivity contribution in [3.8, 4) is 11.5 Å². The number of aromatic nitrogens is 4. The summed E-state index contributed by atoms with van der Waals surface area (Å²) in [6.45, 7) is 5.77. The Morgan fingerprint density at radius 1 is 1.15 bits per heavy atom. The minimum atomic E-state index is 0. The van der Waals surface area contributed by atoms with Gasteiger partial charge in [-0.3, -0.25) is 9.13 Å². The van der Waals surface area contributed by atoms with Gasteiger partial charge in [0, 0.05) is 25.0 Å². The molecule has 1 fully saturated rings. The van der Waals surface area contributed by atoms with Gasteiger partial charge in [0.15, 0.2) is 5.82 Å². The van der Waals surface area contributed by atoms with E-state index < -0.39 is 0 Å². The number of halogens is 1. The van der Waals surface area contributed by atoms with Crippen LogP contribution in [0.25, 0.3) is 11.5 Å². The van der Waals surface area contributed by atoms with Crippen LogP contribution >= 0.6 is 12.4 Å². The van der Waals surface area contributed by atoms with E-state index in [-0.39, 0.29) is 18.1 Å². The highest BCUT2D eigenvalue weighted by Crippen LogP contribution is 2.37. The van der Waals surface area contributed by atoms with E-state index in [0.717, 1.165) is 42.5 Å². The van der Waals surface area contributed by atoms with E-state index in [0.29, 0.717) is 18.5 Å². The molecule has 144 valence electrons. The molecule has 0 aromatic rings. The summed E-state index contributed by atoms with van der Waals surface area (Å²) >= 11 is 0. The molecule has 7 heteroatoms. The molecule has 4 aliphatic rings. The summed E-state index contributed by atoms with van der Waals surface area (Å²) in [6.07, 6.45) is 9.26. The summed E-state index contributed by atoms with van der Waals surface area (Å²) in [6, 6.07) is 0.333. The molecule has 0 amide bonds. The lowest BCUT2D eigenvalue weighted by atomic mass is 10.1. The zero-order chi connectivity index (χ0) is 17.4. The summed E-state index contributed by atoms with van der Waals surface area (Å²) < 4.78 is 3.74. The van der Waals surface area contributed by atoms with Crippen LogP contribution < -0.4 is 11.0 Å². The van der Waals surface area contributed by atoms with Crippen molar-refractivity contribution in [3.63, 3.8) is 0 Å². The first kappa shape index (κ1) is 19.2. The molecule has 1 unspecified atom stereocenters. The Morgan fingerprint density at radius 3 is 2.62 bits per heavy atom.